The summed E-state index contributed by atoms with van der Waals surface area (Å²) in [6.07, 6.45) is 0. The van der Waals surface area contributed by atoms with Gasteiger partial charge >= 0.3 is 11.6 Å². The maximum atomic E-state index is 12.0. The Labute approximate surface area is 142 Å². The topological polar surface area (TPSA) is 68.9 Å². The molecule has 5 nitrogen and oxygen atoms in total. The van der Waals surface area contributed by atoms with E-state index in [9.17, 15) is 9.59 Å². The Morgan fingerprint density at radius 3 is 2.58 bits per heavy atom. The highest BCUT2D eigenvalue weighted by atomic mass is 35.5. The van der Waals surface area contributed by atoms with Crippen LogP contribution in [-0.2, 0) is 4.84 Å². The number of hydrogen-bond acceptors (Lipinski definition) is 5. The van der Waals surface area contributed by atoms with Gasteiger partial charge in [0.2, 0.25) is 0 Å². The van der Waals surface area contributed by atoms with E-state index >= 15 is 0 Å². The SMILES string of the molecule is C/C(=N\OC(=O)c1ccccc1Cl)c1cc2ccccc2oc1=O. The number of para-hydroxylation sites is 1. The summed E-state index contributed by atoms with van der Waals surface area (Å²) >= 11 is 5.93. The number of oxime groups is 1. The standard InChI is InChI=1S/C18H12ClNO4/c1-11(20-24-18(22)13-7-3-4-8-15(13)19)14-10-12-6-2-5-9-16(12)23-17(14)21/h2-10H,1H3/b20-11+. The van der Waals surface area contributed by atoms with Crippen molar-refractivity contribution in [2.75, 3.05) is 0 Å². The molecule has 3 rings (SSSR count). The molecule has 0 radical (unpaired) electrons. The van der Waals surface area contributed by atoms with Crippen LogP contribution >= 0.6 is 11.6 Å². The third-order valence-electron chi connectivity index (χ3n) is 3.39. The molecule has 0 bridgehead atoms. The lowest BCUT2D eigenvalue weighted by atomic mass is 10.1. The van der Waals surface area contributed by atoms with Gasteiger partial charge in [-0.1, -0.05) is 47.1 Å². The lowest BCUT2D eigenvalue weighted by Crippen LogP contribution is -2.13. The van der Waals surface area contributed by atoms with Crippen molar-refractivity contribution in [3.63, 3.8) is 0 Å². The number of rotatable bonds is 3. The molecule has 0 saturated carbocycles. The molecular formula is C18H12ClNO4. The van der Waals surface area contributed by atoms with Crippen molar-refractivity contribution in [2.45, 2.75) is 6.92 Å². The highest BCUT2D eigenvalue weighted by molar-refractivity contribution is 6.33. The summed E-state index contributed by atoms with van der Waals surface area (Å²) in [5, 5.41) is 4.74. The van der Waals surface area contributed by atoms with E-state index in [4.69, 9.17) is 20.9 Å². The average molecular weight is 342 g/mol. The van der Waals surface area contributed by atoms with E-state index < -0.39 is 11.6 Å². The van der Waals surface area contributed by atoms with Gasteiger partial charge in [-0.05, 0) is 31.2 Å². The molecule has 6 heteroatoms. The Hall–Kier alpha value is -2.92. The van der Waals surface area contributed by atoms with Crippen LogP contribution in [0.4, 0.5) is 0 Å². The largest absolute Gasteiger partial charge is 0.422 e. The third kappa shape index (κ3) is 3.21. The number of carbonyl (C=O) groups excluding carboxylic acids is 1. The van der Waals surface area contributed by atoms with Gasteiger partial charge in [0, 0.05) is 5.39 Å². The van der Waals surface area contributed by atoms with Crippen LogP contribution in [0, 0.1) is 0 Å². The maximum absolute atomic E-state index is 12.0. The van der Waals surface area contributed by atoms with E-state index in [0.717, 1.165) is 5.39 Å². The smallest absolute Gasteiger partial charge is 0.367 e. The molecule has 1 aromatic heterocycles. The molecule has 0 aliphatic carbocycles. The van der Waals surface area contributed by atoms with Crippen LogP contribution in [0.15, 0.2) is 69.0 Å². The van der Waals surface area contributed by atoms with Crippen molar-refractivity contribution in [3.05, 3.63) is 81.2 Å². The first-order chi connectivity index (χ1) is 11.6. The van der Waals surface area contributed by atoms with Crippen LogP contribution in [-0.4, -0.2) is 11.7 Å². The molecule has 0 spiro atoms. The summed E-state index contributed by atoms with van der Waals surface area (Å²) in [6, 6.07) is 15.2. The summed E-state index contributed by atoms with van der Waals surface area (Å²) in [4.78, 5) is 28.9. The summed E-state index contributed by atoms with van der Waals surface area (Å²) in [5.41, 5.74) is 0.577. The summed E-state index contributed by atoms with van der Waals surface area (Å²) in [6.45, 7) is 1.56. The number of fused-ring (bicyclic) bond motifs is 1. The molecule has 2 aromatic carbocycles. The van der Waals surface area contributed by atoms with Crippen molar-refractivity contribution in [2.24, 2.45) is 5.16 Å². The Bertz CT molecular complexity index is 1010. The molecule has 0 fully saturated rings. The van der Waals surface area contributed by atoms with Crippen molar-refractivity contribution >= 4 is 34.3 Å². The van der Waals surface area contributed by atoms with Crippen molar-refractivity contribution in [3.8, 4) is 0 Å². The molecule has 1 heterocycles. The summed E-state index contributed by atoms with van der Waals surface area (Å²) in [5.74, 6) is -0.704. The first-order valence-corrected chi connectivity index (χ1v) is 7.48. The molecule has 120 valence electrons. The predicted octanol–water partition coefficient (Wildman–Crippen LogP) is 4.03. The monoisotopic (exact) mass is 341 g/mol. The van der Waals surface area contributed by atoms with E-state index in [0.29, 0.717) is 5.58 Å². The summed E-state index contributed by atoms with van der Waals surface area (Å²) in [7, 11) is 0. The van der Waals surface area contributed by atoms with Gasteiger partial charge < -0.3 is 9.25 Å². The lowest BCUT2D eigenvalue weighted by Gasteiger charge is -2.03. The number of nitrogens with zero attached hydrogens (tertiary/aromatic N) is 1. The van der Waals surface area contributed by atoms with Crippen LogP contribution in [0.5, 0.6) is 0 Å². The fourth-order valence-electron chi connectivity index (χ4n) is 2.15. The second-order valence-corrected chi connectivity index (χ2v) is 5.43. The van der Waals surface area contributed by atoms with Crippen molar-refractivity contribution in [1.29, 1.82) is 0 Å². The Balaban J connectivity index is 1.89. The highest BCUT2D eigenvalue weighted by Crippen LogP contribution is 2.16. The van der Waals surface area contributed by atoms with Gasteiger partial charge in [0.15, 0.2) is 0 Å². The lowest BCUT2D eigenvalue weighted by molar-refractivity contribution is 0.0516. The van der Waals surface area contributed by atoms with E-state index in [1.54, 1.807) is 43.3 Å². The number of carbonyl (C=O) groups is 1. The van der Waals surface area contributed by atoms with Gasteiger partial charge in [0.1, 0.15) is 5.58 Å². The normalized spacial score (nSPS) is 11.5. The van der Waals surface area contributed by atoms with Crippen molar-refractivity contribution in [1.82, 2.24) is 0 Å². The molecule has 24 heavy (non-hydrogen) atoms. The maximum Gasteiger partial charge on any atom is 0.367 e. The zero-order valence-electron chi connectivity index (χ0n) is 12.7. The predicted molar refractivity (Wildman–Crippen MR) is 91.6 cm³/mol. The van der Waals surface area contributed by atoms with Gasteiger partial charge in [-0.25, -0.2) is 9.59 Å². The minimum atomic E-state index is -0.704. The Morgan fingerprint density at radius 2 is 1.79 bits per heavy atom. The Kier molecular flexibility index (Phi) is 4.44. The molecule has 0 aliphatic heterocycles. The molecule has 0 aliphatic rings. The van der Waals surface area contributed by atoms with Crippen LogP contribution in [0.1, 0.15) is 22.8 Å². The molecule has 0 saturated heterocycles. The highest BCUT2D eigenvalue weighted by Gasteiger charge is 2.13. The van der Waals surface area contributed by atoms with Gasteiger partial charge in [-0.15, -0.1) is 0 Å². The molecule has 0 atom stereocenters. The fraction of sp³-hybridized carbons (Fsp3) is 0.0556. The van der Waals surface area contributed by atoms with Gasteiger partial charge in [0.05, 0.1) is 21.9 Å². The van der Waals surface area contributed by atoms with E-state index in [-0.39, 0.29) is 21.9 Å². The number of hydrogen-bond donors (Lipinski definition) is 0. The first-order valence-electron chi connectivity index (χ1n) is 7.10. The van der Waals surface area contributed by atoms with Crippen LogP contribution < -0.4 is 5.63 Å². The Morgan fingerprint density at radius 1 is 1.08 bits per heavy atom. The second-order valence-electron chi connectivity index (χ2n) is 5.02. The molecular weight excluding hydrogens is 330 g/mol. The van der Waals surface area contributed by atoms with Crippen LogP contribution in [0.3, 0.4) is 0 Å². The first kappa shape index (κ1) is 16.0. The number of halogens is 1. The second kappa shape index (κ2) is 6.68. The van der Waals surface area contributed by atoms with E-state index in [2.05, 4.69) is 5.16 Å². The summed E-state index contributed by atoms with van der Waals surface area (Å²) < 4.78 is 5.23. The van der Waals surface area contributed by atoms with Crippen LogP contribution in [0.2, 0.25) is 5.02 Å². The van der Waals surface area contributed by atoms with Gasteiger partial charge in [0.25, 0.3) is 0 Å². The minimum Gasteiger partial charge on any atom is -0.422 e. The van der Waals surface area contributed by atoms with Gasteiger partial charge in [-0.3, -0.25) is 0 Å². The van der Waals surface area contributed by atoms with Crippen molar-refractivity contribution < 1.29 is 14.0 Å². The van der Waals surface area contributed by atoms with E-state index in [1.807, 2.05) is 12.1 Å². The number of benzene rings is 2. The minimum absolute atomic E-state index is 0.196. The molecule has 0 N–H and O–H groups in total. The van der Waals surface area contributed by atoms with Crippen LogP contribution in [0.25, 0.3) is 11.0 Å². The molecule has 3 aromatic rings. The molecule has 0 amide bonds. The zero-order valence-corrected chi connectivity index (χ0v) is 13.4. The fourth-order valence-corrected chi connectivity index (χ4v) is 2.36. The molecule has 0 unspecified atom stereocenters. The van der Waals surface area contributed by atoms with Gasteiger partial charge in [-0.2, -0.15) is 0 Å². The quantitative estimate of drug-likeness (QED) is 0.312. The zero-order chi connectivity index (χ0) is 17.1. The van der Waals surface area contributed by atoms with E-state index in [1.165, 1.54) is 6.07 Å². The third-order valence-corrected chi connectivity index (χ3v) is 3.72. The average Bonchev–Trinajstić information content (AvgIpc) is 2.59.